The fraction of sp³-hybridized carbons (Fsp3) is 0.320. The maximum absolute atomic E-state index is 12.7. The summed E-state index contributed by atoms with van der Waals surface area (Å²) >= 11 is 0. The Bertz CT molecular complexity index is 1250. The molecule has 2 aliphatic rings. The van der Waals surface area contributed by atoms with Crippen LogP contribution in [0, 0.1) is 5.92 Å². The van der Waals surface area contributed by atoms with Gasteiger partial charge in [-0.3, -0.25) is 14.4 Å². The second-order valence-corrected chi connectivity index (χ2v) is 8.63. The summed E-state index contributed by atoms with van der Waals surface area (Å²) in [4.78, 5) is 38.0. The van der Waals surface area contributed by atoms with E-state index in [1.54, 1.807) is 11.0 Å². The third-order valence-corrected chi connectivity index (χ3v) is 6.56. The lowest BCUT2D eigenvalue weighted by Crippen LogP contribution is -2.49. The van der Waals surface area contributed by atoms with Gasteiger partial charge in [-0.2, -0.15) is 0 Å². The van der Waals surface area contributed by atoms with E-state index in [0.717, 1.165) is 28.6 Å². The van der Waals surface area contributed by atoms with Crippen LogP contribution in [0.25, 0.3) is 21.9 Å². The third-order valence-electron chi connectivity index (χ3n) is 6.56. The molecule has 0 spiro atoms. The maximum atomic E-state index is 12.7. The molecular formula is C25H24N2O4. The Labute approximate surface area is 179 Å². The van der Waals surface area contributed by atoms with Gasteiger partial charge in [0, 0.05) is 49.3 Å². The predicted molar refractivity (Wildman–Crippen MR) is 118 cm³/mol. The fourth-order valence-electron chi connectivity index (χ4n) is 5.19. The average molecular weight is 416 g/mol. The number of hydrogen-bond donors (Lipinski definition) is 1. The number of carboxylic acid groups (broad SMARTS) is 1. The Kier molecular flexibility index (Phi) is 4.85. The summed E-state index contributed by atoms with van der Waals surface area (Å²) in [6.07, 6.45) is 0.809. The van der Waals surface area contributed by atoms with Gasteiger partial charge in [0.05, 0.1) is 6.42 Å². The van der Waals surface area contributed by atoms with Crippen LogP contribution in [0.2, 0.25) is 0 Å². The fourth-order valence-corrected chi connectivity index (χ4v) is 5.19. The summed E-state index contributed by atoms with van der Waals surface area (Å²) in [5.74, 6) is -0.793. The molecule has 1 saturated heterocycles. The minimum Gasteiger partial charge on any atom is -0.481 e. The van der Waals surface area contributed by atoms with Gasteiger partial charge in [-0.05, 0) is 40.8 Å². The molecule has 6 heteroatoms. The van der Waals surface area contributed by atoms with Crippen molar-refractivity contribution in [1.29, 1.82) is 0 Å². The smallest absolute Gasteiger partial charge is 0.303 e. The Morgan fingerprint density at radius 1 is 0.935 bits per heavy atom. The van der Waals surface area contributed by atoms with E-state index in [-0.39, 0.29) is 36.1 Å². The van der Waals surface area contributed by atoms with Crippen LogP contribution in [-0.2, 0) is 16.1 Å². The van der Waals surface area contributed by atoms with Crippen molar-refractivity contribution in [1.82, 2.24) is 9.47 Å². The van der Waals surface area contributed by atoms with Crippen LogP contribution < -0.4 is 5.56 Å². The minimum absolute atomic E-state index is 0.0000992. The van der Waals surface area contributed by atoms with Gasteiger partial charge in [0.1, 0.15) is 0 Å². The SMILES string of the molecule is O=C(O)CCC(=O)N1CC2CC(C1)c1c(-c3ccc4ccccc4c3)ccc(=O)n1C2. The molecule has 6 nitrogen and oxygen atoms in total. The first-order valence-electron chi connectivity index (χ1n) is 10.7. The first-order chi connectivity index (χ1) is 15.0. The summed E-state index contributed by atoms with van der Waals surface area (Å²) in [6.45, 7) is 1.70. The van der Waals surface area contributed by atoms with Crippen LogP contribution in [0.5, 0.6) is 0 Å². The lowest BCUT2D eigenvalue weighted by Gasteiger charge is -2.43. The molecule has 0 radical (unpaired) electrons. The summed E-state index contributed by atoms with van der Waals surface area (Å²) in [5, 5.41) is 11.2. The first-order valence-corrected chi connectivity index (χ1v) is 10.7. The third kappa shape index (κ3) is 3.63. The highest BCUT2D eigenvalue weighted by Crippen LogP contribution is 2.40. The number of hydrogen-bond acceptors (Lipinski definition) is 3. The number of aromatic nitrogens is 1. The number of carboxylic acids is 1. The molecule has 2 aliphatic heterocycles. The van der Waals surface area contributed by atoms with Crippen molar-refractivity contribution in [2.24, 2.45) is 5.92 Å². The Balaban J connectivity index is 1.53. The normalized spacial score (nSPS) is 19.8. The summed E-state index contributed by atoms with van der Waals surface area (Å²) in [6, 6.07) is 18.1. The molecule has 2 unspecified atom stereocenters. The Hall–Kier alpha value is -3.41. The molecule has 3 aromatic rings. The van der Waals surface area contributed by atoms with E-state index in [4.69, 9.17) is 5.11 Å². The average Bonchev–Trinajstić information content (AvgIpc) is 2.77. The van der Waals surface area contributed by atoms with Gasteiger partial charge in [0.15, 0.2) is 0 Å². The van der Waals surface area contributed by atoms with Crippen LogP contribution in [0.1, 0.15) is 30.9 Å². The van der Waals surface area contributed by atoms with Crippen LogP contribution in [0.3, 0.4) is 0 Å². The highest BCUT2D eigenvalue weighted by molar-refractivity contribution is 5.87. The van der Waals surface area contributed by atoms with Gasteiger partial charge in [-0.15, -0.1) is 0 Å². The van der Waals surface area contributed by atoms with E-state index in [1.807, 2.05) is 22.8 Å². The van der Waals surface area contributed by atoms with Gasteiger partial charge in [-0.25, -0.2) is 0 Å². The zero-order valence-electron chi connectivity index (χ0n) is 17.2. The van der Waals surface area contributed by atoms with Crippen LogP contribution >= 0.6 is 0 Å². The topological polar surface area (TPSA) is 79.6 Å². The van der Waals surface area contributed by atoms with Crippen molar-refractivity contribution in [3.63, 3.8) is 0 Å². The summed E-state index contributed by atoms with van der Waals surface area (Å²) in [5.41, 5.74) is 3.10. The van der Waals surface area contributed by atoms with E-state index in [9.17, 15) is 14.4 Å². The molecule has 1 amide bonds. The number of benzene rings is 2. The lowest BCUT2D eigenvalue weighted by molar-refractivity contribution is -0.141. The number of likely N-dealkylation sites (tertiary alicyclic amines) is 1. The maximum Gasteiger partial charge on any atom is 0.303 e. The Morgan fingerprint density at radius 3 is 2.55 bits per heavy atom. The number of piperidine rings is 1. The highest BCUT2D eigenvalue weighted by Gasteiger charge is 2.37. The van der Waals surface area contributed by atoms with Crippen molar-refractivity contribution in [3.8, 4) is 11.1 Å². The standard InChI is InChI=1S/C25H24N2O4/c28-22(9-10-24(30)31)26-13-16-11-20(15-26)25-21(7-8-23(29)27(25)14-16)19-6-5-17-3-1-2-4-18(17)12-19/h1-8,12,16,20H,9-11,13-15H2,(H,30,31). The second-order valence-electron chi connectivity index (χ2n) is 8.63. The van der Waals surface area contributed by atoms with Crippen LogP contribution in [-0.4, -0.2) is 39.5 Å². The number of fused-ring (bicyclic) bond motifs is 5. The van der Waals surface area contributed by atoms with Gasteiger partial charge < -0.3 is 14.6 Å². The molecule has 2 atom stereocenters. The van der Waals surface area contributed by atoms with Crippen molar-refractivity contribution in [2.75, 3.05) is 13.1 Å². The molecule has 31 heavy (non-hydrogen) atoms. The van der Waals surface area contributed by atoms with Crippen LogP contribution in [0.15, 0.2) is 59.4 Å². The molecule has 0 saturated carbocycles. The van der Waals surface area contributed by atoms with E-state index in [2.05, 4.69) is 30.3 Å². The highest BCUT2D eigenvalue weighted by atomic mass is 16.4. The van der Waals surface area contributed by atoms with Crippen molar-refractivity contribution >= 4 is 22.6 Å². The molecule has 2 bridgehead atoms. The molecule has 0 aliphatic carbocycles. The van der Waals surface area contributed by atoms with Crippen molar-refractivity contribution in [2.45, 2.75) is 31.7 Å². The zero-order valence-corrected chi connectivity index (χ0v) is 17.2. The summed E-state index contributed by atoms with van der Waals surface area (Å²) < 4.78 is 1.89. The number of pyridine rings is 1. The van der Waals surface area contributed by atoms with Gasteiger partial charge in [0.2, 0.25) is 5.91 Å². The molecule has 158 valence electrons. The molecule has 1 aromatic heterocycles. The monoisotopic (exact) mass is 416 g/mol. The number of carbonyl (C=O) groups excluding carboxylic acids is 1. The largest absolute Gasteiger partial charge is 0.481 e. The van der Waals surface area contributed by atoms with Gasteiger partial charge in [0.25, 0.3) is 5.56 Å². The van der Waals surface area contributed by atoms with Gasteiger partial charge in [-0.1, -0.05) is 36.4 Å². The van der Waals surface area contributed by atoms with Crippen molar-refractivity contribution in [3.05, 3.63) is 70.6 Å². The summed E-state index contributed by atoms with van der Waals surface area (Å²) in [7, 11) is 0. The van der Waals surface area contributed by atoms with Crippen LogP contribution in [0.4, 0.5) is 0 Å². The molecule has 1 fully saturated rings. The molecule has 5 rings (SSSR count). The number of carbonyl (C=O) groups is 2. The van der Waals surface area contributed by atoms with Crippen molar-refractivity contribution < 1.29 is 14.7 Å². The number of rotatable bonds is 4. The predicted octanol–water partition coefficient (Wildman–Crippen LogP) is 3.48. The number of nitrogens with zero attached hydrogens (tertiary/aromatic N) is 2. The van der Waals surface area contributed by atoms with E-state index >= 15 is 0 Å². The second kappa shape index (κ2) is 7.69. The van der Waals surface area contributed by atoms with E-state index < -0.39 is 5.97 Å². The number of amides is 1. The zero-order chi connectivity index (χ0) is 21.5. The van der Waals surface area contributed by atoms with E-state index in [0.29, 0.717) is 19.6 Å². The molecule has 1 N–H and O–H groups in total. The lowest BCUT2D eigenvalue weighted by atomic mass is 9.80. The molecule has 3 heterocycles. The molecule has 2 aromatic carbocycles. The van der Waals surface area contributed by atoms with E-state index in [1.165, 1.54) is 5.39 Å². The minimum atomic E-state index is -0.957. The molecular weight excluding hydrogens is 392 g/mol. The number of aliphatic carboxylic acids is 1. The first kappa shape index (κ1) is 19.5. The quantitative estimate of drug-likeness (QED) is 0.706. The Morgan fingerprint density at radius 2 is 1.74 bits per heavy atom. The van der Waals surface area contributed by atoms with Gasteiger partial charge >= 0.3 is 5.97 Å².